The molecule has 2 N–H and O–H groups in total. The fourth-order valence-electron chi connectivity index (χ4n) is 1.39. The van der Waals surface area contributed by atoms with Gasteiger partial charge in [-0.1, -0.05) is 0 Å². The minimum Gasteiger partial charge on any atom is -0.495 e. The van der Waals surface area contributed by atoms with Crippen molar-refractivity contribution in [3.63, 3.8) is 0 Å². The average molecular weight is 273 g/mol. The van der Waals surface area contributed by atoms with E-state index in [-0.39, 0.29) is 12.5 Å². The van der Waals surface area contributed by atoms with E-state index in [1.54, 1.807) is 25.5 Å². The molecule has 0 bridgehead atoms. The third-order valence-electron chi connectivity index (χ3n) is 2.53. The Kier molecular flexibility index (Phi) is 5.58. The maximum absolute atomic E-state index is 11.9. The molecule has 18 heavy (non-hydrogen) atoms. The number of thiophene rings is 1. The summed E-state index contributed by atoms with van der Waals surface area (Å²) in [5.41, 5.74) is -0.976. The normalized spacial score (nSPS) is 14.0. The van der Waals surface area contributed by atoms with Gasteiger partial charge in [0.2, 0.25) is 0 Å². The third kappa shape index (κ3) is 4.29. The van der Waals surface area contributed by atoms with E-state index < -0.39 is 5.60 Å². The second-order valence-corrected chi connectivity index (χ2v) is 5.16. The maximum Gasteiger partial charge on any atom is 0.265 e. The predicted molar refractivity (Wildman–Crippen MR) is 70.3 cm³/mol. The van der Waals surface area contributed by atoms with Gasteiger partial charge < -0.3 is 19.9 Å². The zero-order valence-corrected chi connectivity index (χ0v) is 11.7. The van der Waals surface area contributed by atoms with Crippen LogP contribution in [-0.2, 0) is 4.74 Å². The largest absolute Gasteiger partial charge is 0.495 e. The Hall–Kier alpha value is -1.11. The van der Waals surface area contributed by atoms with Gasteiger partial charge in [0.1, 0.15) is 10.6 Å². The monoisotopic (exact) mass is 273 g/mol. The Morgan fingerprint density at radius 2 is 2.28 bits per heavy atom. The van der Waals surface area contributed by atoms with Crippen molar-refractivity contribution in [1.29, 1.82) is 0 Å². The standard InChI is InChI=1S/C12H19NO4S/c1-12(15,5-6-16-2)8-13-11(14)10-9(17-3)4-7-18-10/h4,7,15H,5-6,8H2,1-3H3,(H,13,14). The van der Waals surface area contributed by atoms with Gasteiger partial charge in [-0.05, 0) is 18.4 Å². The van der Waals surface area contributed by atoms with Crippen LogP contribution in [-0.4, -0.2) is 44.0 Å². The summed E-state index contributed by atoms with van der Waals surface area (Å²) in [6, 6.07) is 1.74. The van der Waals surface area contributed by atoms with Crippen LogP contribution in [0.15, 0.2) is 11.4 Å². The van der Waals surface area contributed by atoms with Gasteiger partial charge in [0.15, 0.2) is 0 Å². The van der Waals surface area contributed by atoms with E-state index in [1.807, 2.05) is 0 Å². The van der Waals surface area contributed by atoms with Crippen molar-refractivity contribution >= 4 is 17.2 Å². The Labute approximate surface area is 111 Å². The van der Waals surface area contributed by atoms with Crippen molar-refractivity contribution in [2.24, 2.45) is 0 Å². The fraction of sp³-hybridized carbons (Fsp3) is 0.583. The van der Waals surface area contributed by atoms with Crippen molar-refractivity contribution in [2.75, 3.05) is 27.4 Å². The van der Waals surface area contributed by atoms with Gasteiger partial charge >= 0.3 is 0 Å². The molecule has 5 nitrogen and oxygen atoms in total. The maximum atomic E-state index is 11.9. The molecule has 0 radical (unpaired) electrons. The molecule has 1 unspecified atom stereocenters. The lowest BCUT2D eigenvalue weighted by Gasteiger charge is -2.23. The number of carbonyl (C=O) groups is 1. The Bertz CT molecular complexity index is 389. The van der Waals surface area contributed by atoms with Crippen molar-refractivity contribution < 1.29 is 19.4 Å². The minimum absolute atomic E-state index is 0.177. The van der Waals surface area contributed by atoms with E-state index in [4.69, 9.17) is 9.47 Å². The second-order valence-electron chi connectivity index (χ2n) is 4.24. The number of nitrogens with one attached hydrogen (secondary N) is 1. The number of carbonyl (C=O) groups excluding carboxylic acids is 1. The van der Waals surface area contributed by atoms with Crippen LogP contribution in [0.1, 0.15) is 23.0 Å². The lowest BCUT2D eigenvalue weighted by atomic mass is 10.0. The molecule has 0 aromatic carbocycles. The quantitative estimate of drug-likeness (QED) is 0.785. The van der Waals surface area contributed by atoms with Crippen molar-refractivity contribution in [3.8, 4) is 5.75 Å². The van der Waals surface area contributed by atoms with Crippen LogP contribution in [0.2, 0.25) is 0 Å². The second kappa shape index (κ2) is 6.72. The highest BCUT2D eigenvalue weighted by molar-refractivity contribution is 7.12. The third-order valence-corrected chi connectivity index (χ3v) is 3.42. The number of hydrogen-bond donors (Lipinski definition) is 2. The van der Waals surface area contributed by atoms with Crippen LogP contribution in [0.5, 0.6) is 5.75 Å². The van der Waals surface area contributed by atoms with Gasteiger partial charge in [0, 0.05) is 26.7 Å². The molecule has 102 valence electrons. The summed E-state index contributed by atoms with van der Waals surface area (Å²) >= 11 is 1.31. The number of methoxy groups -OCH3 is 2. The highest BCUT2D eigenvalue weighted by Crippen LogP contribution is 2.24. The van der Waals surface area contributed by atoms with Crippen LogP contribution >= 0.6 is 11.3 Å². The van der Waals surface area contributed by atoms with Crippen molar-refractivity contribution in [2.45, 2.75) is 18.9 Å². The van der Waals surface area contributed by atoms with Crippen LogP contribution in [0.4, 0.5) is 0 Å². The summed E-state index contributed by atoms with van der Waals surface area (Å²) in [4.78, 5) is 12.4. The topological polar surface area (TPSA) is 67.8 Å². The average Bonchev–Trinajstić information content (AvgIpc) is 2.82. The van der Waals surface area contributed by atoms with Crippen molar-refractivity contribution in [1.82, 2.24) is 5.32 Å². The number of hydrogen-bond acceptors (Lipinski definition) is 5. The molecule has 0 saturated heterocycles. The summed E-state index contributed by atoms with van der Waals surface area (Å²) in [5, 5.41) is 14.5. The van der Waals surface area contributed by atoms with Gasteiger partial charge in [-0.2, -0.15) is 0 Å². The molecule has 1 rings (SSSR count). The smallest absolute Gasteiger partial charge is 0.265 e. The molecular formula is C12H19NO4S. The van der Waals surface area contributed by atoms with Gasteiger partial charge in [-0.15, -0.1) is 11.3 Å². The van der Waals surface area contributed by atoms with Gasteiger partial charge in [-0.25, -0.2) is 0 Å². The van der Waals surface area contributed by atoms with Gasteiger partial charge in [0.05, 0.1) is 12.7 Å². The van der Waals surface area contributed by atoms with E-state index in [0.29, 0.717) is 23.7 Å². The Morgan fingerprint density at radius 3 is 2.89 bits per heavy atom. The molecule has 1 aromatic rings. The molecule has 0 fully saturated rings. The molecule has 6 heteroatoms. The summed E-state index contributed by atoms with van der Waals surface area (Å²) in [6.07, 6.45) is 0.464. The molecular weight excluding hydrogens is 254 g/mol. The van der Waals surface area contributed by atoms with E-state index >= 15 is 0 Å². The summed E-state index contributed by atoms with van der Waals surface area (Å²) in [6.45, 7) is 2.29. The van der Waals surface area contributed by atoms with Gasteiger partial charge in [0.25, 0.3) is 5.91 Å². The minimum atomic E-state index is -0.976. The molecule has 0 aliphatic rings. The molecule has 1 amide bonds. The van der Waals surface area contributed by atoms with Crippen LogP contribution in [0.3, 0.4) is 0 Å². The highest BCUT2D eigenvalue weighted by Gasteiger charge is 2.22. The summed E-state index contributed by atoms with van der Waals surface area (Å²) in [5.74, 6) is 0.313. The molecule has 0 aliphatic carbocycles. The lowest BCUT2D eigenvalue weighted by molar-refractivity contribution is 0.0244. The molecule has 0 saturated carbocycles. The highest BCUT2D eigenvalue weighted by atomic mass is 32.1. The number of ether oxygens (including phenoxy) is 2. The van der Waals surface area contributed by atoms with E-state index in [2.05, 4.69) is 5.32 Å². The van der Waals surface area contributed by atoms with E-state index in [1.165, 1.54) is 18.4 Å². The fourth-order valence-corrected chi connectivity index (χ4v) is 2.16. The molecule has 1 atom stereocenters. The molecule has 1 heterocycles. The van der Waals surface area contributed by atoms with Gasteiger partial charge in [-0.3, -0.25) is 4.79 Å². The summed E-state index contributed by atoms with van der Waals surface area (Å²) < 4.78 is 9.97. The number of aliphatic hydroxyl groups is 1. The van der Waals surface area contributed by atoms with Crippen LogP contribution < -0.4 is 10.1 Å². The zero-order chi connectivity index (χ0) is 13.6. The van der Waals surface area contributed by atoms with Crippen LogP contribution in [0, 0.1) is 0 Å². The zero-order valence-electron chi connectivity index (χ0n) is 10.9. The first-order valence-electron chi connectivity index (χ1n) is 5.61. The first-order valence-corrected chi connectivity index (χ1v) is 6.49. The van der Waals surface area contributed by atoms with Crippen molar-refractivity contribution in [3.05, 3.63) is 16.3 Å². The lowest BCUT2D eigenvalue weighted by Crippen LogP contribution is -2.41. The first-order chi connectivity index (χ1) is 8.50. The first kappa shape index (κ1) is 14.9. The molecule has 1 aromatic heterocycles. The Morgan fingerprint density at radius 1 is 1.56 bits per heavy atom. The summed E-state index contributed by atoms with van der Waals surface area (Å²) in [7, 11) is 3.10. The number of amides is 1. The molecule has 0 spiro atoms. The van der Waals surface area contributed by atoms with E-state index in [9.17, 15) is 9.90 Å². The van der Waals surface area contributed by atoms with E-state index in [0.717, 1.165) is 0 Å². The van der Waals surface area contributed by atoms with Crippen LogP contribution in [0.25, 0.3) is 0 Å². The molecule has 0 aliphatic heterocycles. The predicted octanol–water partition coefficient (Wildman–Crippen LogP) is 1.27. The Balaban J connectivity index is 2.51. The number of rotatable bonds is 7. The SMILES string of the molecule is COCCC(C)(O)CNC(=O)c1sccc1OC.